The molecule has 2 heterocycles. The molecule has 1 aliphatic carbocycles. The fourth-order valence-electron chi connectivity index (χ4n) is 4.47. The van der Waals surface area contributed by atoms with Gasteiger partial charge in [0.2, 0.25) is 0 Å². The summed E-state index contributed by atoms with van der Waals surface area (Å²) in [5, 5.41) is 30.0. The van der Waals surface area contributed by atoms with Gasteiger partial charge in [0.05, 0.1) is 17.1 Å². The van der Waals surface area contributed by atoms with Gasteiger partial charge in [-0.25, -0.2) is 4.79 Å². The summed E-state index contributed by atoms with van der Waals surface area (Å²) in [5.74, 6) is -1.47. The normalized spacial score (nSPS) is 17.6. The predicted octanol–water partition coefficient (Wildman–Crippen LogP) is 5.23. The molecule has 0 unspecified atom stereocenters. The van der Waals surface area contributed by atoms with E-state index in [9.17, 15) is 14.7 Å². The first-order valence-electron chi connectivity index (χ1n) is 11.2. The number of hydrazone groups is 2. The number of hydrogen-bond donors (Lipinski definition) is 3. The summed E-state index contributed by atoms with van der Waals surface area (Å²) in [6, 6.07) is 14.2. The first-order chi connectivity index (χ1) is 16.7. The lowest BCUT2D eigenvalue weighted by Gasteiger charge is -2.21. The Labute approximate surface area is 206 Å². The highest BCUT2D eigenvalue weighted by Gasteiger charge is 2.34. The number of nitrogens with one attached hydrogen (secondary N) is 1. The average Bonchev–Trinajstić information content (AvgIpc) is 3.50. The third-order valence-corrected chi connectivity index (χ3v) is 7.59. The topological polar surface area (TPSA) is 115 Å². The van der Waals surface area contributed by atoms with Crippen molar-refractivity contribution in [1.29, 1.82) is 0 Å². The van der Waals surface area contributed by atoms with E-state index in [0.29, 0.717) is 27.5 Å². The molecule has 1 aromatic heterocycles. The molecule has 8 nitrogen and oxygen atoms in total. The number of phenols is 1. The van der Waals surface area contributed by atoms with Gasteiger partial charge in [0.15, 0.2) is 5.71 Å². The number of aromatic hydroxyl groups is 1. The average molecular weight is 489 g/mol. The van der Waals surface area contributed by atoms with Crippen LogP contribution in [0.5, 0.6) is 5.75 Å². The number of aryl methyl sites for hydroxylation is 1. The zero-order valence-corrected chi connectivity index (χ0v) is 20.3. The van der Waals surface area contributed by atoms with E-state index in [1.807, 2.05) is 12.1 Å². The Hall–Kier alpha value is -3.98. The molecule has 1 amide bonds. The van der Waals surface area contributed by atoms with Crippen LogP contribution < -0.4 is 10.4 Å². The van der Waals surface area contributed by atoms with Gasteiger partial charge < -0.3 is 10.2 Å². The van der Waals surface area contributed by atoms with Gasteiger partial charge in [-0.3, -0.25) is 10.2 Å². The molecular weight excluding hydrogens is 464 g/mol. The molecule has 0 saturated carbocycles. The Bertz CT molecular complexity index is 1440. The van der Waals surface area contributed by atoms with E-state index in [1.54, 1.807) is 31.2 Å². The number of para-hydroxylation sites is 1. The number of phenolic OH excluding ortho intramolecular Hbond substituents is 1. The van der Waals surface area contributed by atoms with Crippen LogP contribution in [0.3, 0.4) is 0 Å². The van der Waals surface area contributed by atoms with E-state index in [0.717, 1.165) is 24.2 Å². The molecule has 1 aliphatic heterocycles. The number of carbonyl (C=O) groups is 2. The number of rotatable bonds is 5. The summed E-state index contributed by atoms with van der Waals surface area (Å²) < 4.78 is 0. The van der Waals surface area contributed by atoms with Crippen molar-refractivity contribution in [3.05, 3.63) is 64.5 Å². The summed E-state index contributed by atoms with van der Waals surface area (Å²) in [5.41, 5.74) is 7.45. The van der Waals surface area contributed by atoms with Crippen LogP contribution in [-0.2, 0) is 16.6 Å². The third kappa shape index (κ3) is 3.97. The number of amides is 1. The molecule has 35 heavy (non-hydrogen) atoms. The first-order valence-corrected chi connectivity index (χ1v) is 12.0. The Morgan fingerprint density at radius 2 is 2.00 bits per heavy atom. The van der Waals surface area contributed by atoms with Crippen molar-refractivity contribution in [3.8, 4) is 16.2 Å². The maximum absolute atomic E-state index is 13.2. The van der Waals surface area contributed by atoms with Gasteiger partial charge in [0.1, 0.15) is 10.6 Å². The van der Waals surface area contributed by atoms with Gasteiger partial charge in [-0.1, -0.05) is 26.0 Å². The molecule has 2 aromatic carbocycles. The maximum Gasteiger partial charge on any atom is 0.345 e. The SMILES string of the molecule is CC1=NN(c2ccc3c(c2)C(C)(C)CC3)C(=O)/C1=N\Nc1cccc(-c2ccc(C(=O)O)s2)c1O. The summed E-state index contributed by atoms with van der Waals surface area (Å²) in [6.07, 6.45) is 2.10. The number of anilines is 2. The summed E-state index contributed by atoms with van der Waals surface area (Å²) in [7, 11) is 0. The Morgan fingerprint density at radius 1 is 1.20 bits per heavy atom. The van der Waals surface area contributed by atoms with Gasteiger partial charge in [-0.2, -0.15) is 15.2 Å². The van der Waals surface area contributed by atoms with Gasteiger partial charge in [0, 0.05) is 10.4 Å². The lowest BCUT2D eigenvalue weighted by atomic mass is 9.86. The fraction of sp³-hybridized carbons (Fsp3) is 0.231. The van der Waals surface area contributed by atoms with E-state index in [1.165, 1.54) is 22.2 Å². The highest BCUT2D eigenvalue weighted by Crippen LogP contribution is 2.41. The summed E-state index contributed by atoms with van der Waals surface area (Å²) in [6.45, 7) is 6.13. The van der Waals surface area contributed by atoms with Crippen molar-refractivity contribution in [1.82, 2.24) is 0 Å². The van der Waals surface area contributed by atoms with Crippen molar-refractivity contribution in [2.24, 2.45) is 10.2 Å². The highest BCUT2D eigenvalue weighted by atomic mass is 32.1. The number of fused-ring (bicyclic) bond motifs is 1. The first kappa shape index (κ1) is 22.8. The van der Waals surface area contributed by atoms with Crippen molar-refractivity contribution < 1.29 is 19.8 Å². The van der Waals surface area contributed by atoms with E-state index >= 15 is 0 Å². The number of aromatic carboxylic acids is 1. The van der Waals surface area contributed by atoms with E-state index < -0.39 is 5.97 Å². The second-order valence-electron chi connectivity index (χ2n) is 9.27. The Kier molecular flexibility index (Phi) is 5.44. The minimum absolute atomic E-state index is 0.0572. The molecule has 0 radical (unpaired) electrons. The highest BCUT2D eigenvalue weighted by molar-refractivity contribution is 7.17. The Morgan fingerprint density at radius 3 is 2.74 bits per heavy atom. The second kappa shape index (κ2) is 8.35. The van der Waals surface area contributed by atoms with E-state index in [4.69, 9.17) is 5.11 Å². The molecule has 0 spiro atoms. The zero-order valence-electron chi connectivity index (χ0n) is 19.5. The molecule has 0 fully saturated rings. The van der Waals surface area contributed by atoms with Crippen LogP contribution in [0, 0.1) is 0 Å². The van der Waals surface area contributed by atoms with Crippen LogP contribution >= 0.6 is 11.3 Å². The van der Waals surface area contributed by atoms with Gasteiger partial charge in [0.25, 0.3) is 0 Å². The van der Waals surface area contributed by atoms with Crippen LogP contribution in [0.1, 0.15) is 48.0 Å². The summed E-state index contributed by atoms with van der Waals surface area (Å²) >= 11 is 1.06. The van der Waals surface area contributed by atoms with Crippen molar-refractivity contribution in [2.45, 2.75) is 39.0 Å². The number of hydrogen-bond acceptors (Lipinski definition) is 7. The lowest BCUT2D eigenvalue weighted by molar-refractivity contribution is -0.112. The minimum atomic E-state index is -1.02. The quantitative estimate of drug-likeness (QED) is 0.336. The van der Waals surface area contributed by atoms with Crippen molar-refractivity contribution >= 4 is 46.0 Å². The lowest BCUT2D eigenvalue weighted by Crippen LogP contribution is -2.28. The van der Waals surface area contributed by atoms with E-state index in [-0.39, 0.29) is 27.7 Å². The van der Waals surface area contributed by atoms with Crippen LogP contribution in [0.15, 0.2) is 58.7 Å². The monoisotopic (exact) mass is 488 g/mol. The largest absolute Gasteiger partial charge is 0.505 e. The molecular formula is C26H24N4O4S. The number of benzene rings is 2. The van der Waals surface area contributed by atoms with Crippen LogP contribution in [0.2, 0.25) is 0 Å². The number of nitrogens with zero attached hydrogens (tertiary/aromatic N) is 3. The van der Waals surface area contributed by atoms with Gasteiger partial charge >= 0.3 is 11.9 Å². The molecule has 178 valence electrons. The molecule has 9 heteroatoms. The van der Waals surface area contributed by atoms with Gasteiger partial charge in [-0.05, 0) is 72.7 Å². The van der Waals surface area contributed by atoms with Crippen LogP contribution in [0.25, 0.3) is 10.4 Å². The van der Waals surface area contributed by atoms with Crippen molar-refractivity contribution in [3.63, 3.8) is 0 Å². The van der Waals surface area contributed by atoms with Crippen LogP contribution in [0.4, 0.5) is 11.4 Å². The fourth-order valence-corrected chi connectivity index (χ4v) is 5.34. The van der Waals surface area contributed by atoms with Crippen molar-refractivity contribution in [2.75, 3.05) is 10.4 Å². The third-order valence-electron chi connectivity index (χ3n) is 6.48. The van der Waals surface area contributed by atoms with Gasteiger partial charge in [-0.15, -0.1) is 11.3 Å². The molecule has 2 aliphatic rings. The predicted molar refractivity (Wildman–Crippen MR) is 138 cm³/mol. The molecule has 0 atom stereocenters. The number of thiophene rings is 1. The molecule has 0 saturated heterocycles. The zero-order chi connectivity index (χ0) is 24.9. The summed E-state index contributed by atoms with van der Waals surface area (Å²) in [4.78, 5) is 25.1. The molecule has 3 aromatic rings. The van der Waals surface area contributed by atoms with Crippen LogP contribution in [-0.4, -0.2) is 33.5 Å². The smallest absolute Gasteiger partial charge is 0.345 e. The minimum Gasteiger partial charge on any atom is -0.505 e. The number of carboxylic acids is 1. The maximum atomic E-state index is 13.2. The number of carboxylic acid groups (broad SMARTS) is 1. The molecule has 3 N–H and O–H groups in total. The standard InChI is InChI=1S/C26H24N4O4S/c1-14-22(24(32)30(29-14)16-8-7-15-11-12-26(2,3)18(15)13-16)28-27-19-6-4-5-17(23(19)31)20-9-10-21(35-20)25(33)34/h4-10,13,27,31H,11-12H2,1-3H3,(H,33,34)/b28-22-. The van der Waals surface area contributed by atoms with E-state index in [2.05, 4.69) is 35.5 Å². The Balaban J connectivity index is 1.40. The number of carbonyl (C=O) groups excluding carboxylic acids is 1. The second-order valence-corrected chi connectivity index (χ2v) is 10.4. The molecule has 5 rings (SSSR count). The molecule has 0 bridgehead atoms.